The lowest BCUT2D eigenvalue weighted by Crippen LogP contribution is -1.95. The van der Waals surface area contributed by atoms with E-state index < -0.39 is 0 Å². The fraction of sp³-hybridized carbons (Fsp3) is 0.0270. The van der Waals surface area contributed by atoms with E-state index in [0.29, 0.717) is 0 Å². The summed E-state index contributed by atoms with van der Waals surface area (Å²) in [5.74, 6) is 0. The van der Waals surface area contributed by atoms with Gasteiger partial charge in [-0.2, -0.15) is 0 Å². The molecule has 2 heteroatoms. The van der Waals surface area contributed by atoms with Crippen molar-refractivity contribution in [2.45, 2.75) is 6.92 Å². The lowest BCUT2D eigenvalue weighted by atomic mass is 10.1. The highest BCUT2D eigenvalue weighted by Gasteiger charge is 2.18. The number of aromatic nitrogens is 2. The van der Waals surface area contributed by atoms with Gasteiger partial charge in [0.05, 0.1) is 22.1 Å². The smallest absolute Gasteiger partial charge is 0.0548 e. The van der Waals surface area contributed by atoms with Crippen LogP contribution in [0.4, 0.5) is 0 Å². The molecule has 0 fully saturated rings. The summed E-state index contributed by atoms with van der Waals surface area (Å²) in [7, 11) is 0. The Morgan fingerprint density at radius 3 is 1.85 bits per heavy atom. The number of benzene rings is 5. The van der Waals surface area contributed by atoms with Crippen molar-refractivity contribution < 1.29 is 0 Å². The van der Waals surface area contributed by atoms with Crippen LogP contribution in [0.1, 0.15) is 6.92 Å². The summed E-state index contributed by atoms with van der Waals surface area (Å²) < 4.78 is 4.70. The maximum atomic E-state index is 4.13. The molecule has 0 atom stereocenters. The summed E-state index contributed by atoms with van der Waals surface area (Å²) in [4.78, 5) is 0. The standard InChI is InChI=1S/C37H28N2/c1-4-28(22-25(2)3)38-34-16-10-8-14-30(34)32-24-37-33(23-36(32)38)31-15-9-11-17-35(31)39(37)29-20-18-27(19-21-29)26-12-6-5-7-13-26/h4-24H,1-2H2,3H3/b28-22+. The Morgan fingerprint density at radius 1 is 0.590 bits per heavy atom. The molecule has 5 aromatic carbocycles. The van der Waals surface area contributed by atoms with E-state index in [1.165, 1.54) is 49.2 Å². The van der Waals surface area contributed by atoms with E-state index in [1.54, 1.807) is 0 Å². The van der Waals surface area contributed by atoms with Gasteiger partial charge < -0.3 is 9.13 Å². The SMILES string of the molecule is C=C/C(=C\C(=C)C)n1c2ccccc2c2cc3c(cc21)c1ccccc1n3-c1ccc(-c2ccccc2)cc1. The van der Waals surface area contributed by atoms with Gasteiger partial charge in [0, 0.05) is 32.9 Å². The maximum Gasteiger partial charge on any atom is 0.0548 e. The summed E-state index contributed by atoms with van der Waals surface area (Å²) in [6.07, 6.45) is 4.02. The van der Waals surface area contributed by atoms with Gasteiger partial charge in [-0.05, 0) is 66.6 Å². The Kier molecular flexibility index (Phi) is 5.35. The van der Waals surface area contributed by atoms with Crippen LogP contribution in [0, 0.1) is 0 Å². The molecular weight excluding hydrogens is 472 g/mol. The van der Waals surface area contributed by atoms with Crippen LogP contribution in [-0.4, -0.2) is 9.13 Å². The minimum absolute atomic E-state index is 0.993. The largest absolute Gasteiger partial charge is 0.309 e. The second-order valence-corrected chi connectivity index (χ2v) is 10.1. The first-order valence-electron chi connectivity index (χ1n) is 13.3. The van der Waals surface area contributed by atoms with Gasteiger partial charge >= 0.3 is 0 Å². The minimum atomic E-state index is 0.993. The predicted octanol–water partition coefficient (Wildman–Crippen LogP) is 10.2. The molecule has 0 bridgehead atoms. The average Bonchev–Trinajstić information content (AvgIpc) is 3.47. The average molecular weight is 501 g/mol. The second kappa shape index (κ2) is 9.04. The number of rotatable bonds is 5. The van der Waals surface area contributed by atoms with Crippen molar-refractivity contribution in [1.82, 2.24) is 9.13 Å². The number of hydrogen-bond donors (Lipinski definition) is 0. The topological polar surface area (TPSA) is 9.86 Å². The van der Waals surface area contributed by atoms with Crippen LogP contribution >= 0.6 is 0 Å². The third kappa shape index (κ3) is 3.65. The number of nitrogens with zero attached hydrogens (tertiary/aromatic N) is 2. The van der Waals surface area contributed by atoms with E-state index in [-0.39, 0.29) is 0 Å². The van der Waals surface area contributed by atoms with E-state index in [0.717, 1.165) is 22.5 Å². The molecule has 2 aromatic heterocycles. The first-order valence-corrected chi connectivity index (χ1v) is 13.3. The molecule has 0 aliphatic heterocycles. The van der Waals surface area contributed by atoms with E-state index in [4.69, 9.17) is 0 Å². The lowest BCUT2D eigenvalue weighted by Gasteiger charge is -2.11. The molecule has 2 nitrogen and oxygen atoms in total. The van der Waals surface area contributed by atoms with Crippen LogP contribution in [0.25, 0.3) is 66.1 Å². The van der Waals surface area contributed by atoms with Crippen LogP contribution in [0.3, 0.4) is 0 Å². The van der Waals surface area contributed by atoms with Crippen LogP contribution in [0.5, 0.6) is 0 Å². The third-order valence-corrected chi connectivity index (χ3v) is 7.56. The molecule has 7 rings (SSSR count). The van der Waals surface area contributed by atoms with Gasteiger partial charge in [0.25, 0.3) is 0 Å². The van der Waals surface area contributed by atoms with Gasteiger partial charge in [0.1, 0.15) is 0 Å². The van der Waals surface area contributed by atoms with E-state index >= 15 is 0 Å². The van der Waals surface area contributed by atoms with Gasteiger partial charge in [-0.1, -0.05) is 97.6 Å². The van der Waals surface area contributed by atoms with Gasteiger partial charge in [0.15, 0.2) is 0 Å². The summed E-state index contributed by atoms with van der Waals surface area (Å²) in [6, 6.07) is 41.4. The number of para-hydroxylation sites is 2. The Bertz CT molecular complexity index is 2080. The number of fused-ring (bicyclic) bond motifs is 6. The van der Waals surface area contributed by atoms with Crippen molar-refractivity contribution in [3.63, 3.8) is 0 Å². The highest BCUT2D eigenvalue weighted by Crippen LogP contribution is 2.39. The van der Waals surface area contributed by atoms with Crippen LogP contribution < -0.4 is 0 Å². The highest BCUT2D eigenvalue weighted by molar-refractivity contribution is 6.19. The summed E-state index contributed by atoms with van der Waals surface area (Å²) >= 11 is 0. The summed E-state index contributed by atoms with van der Waals surface area (Å²) in [5, 5.41) is 4.91. The van der Waals surface area contributed by atoms with Crippen molar-refractivity contribution in [3.05, 3.63) is 146 Å². The lowest BCUT2D eigenvalue weighted by molar-refractivity contribution is 1.18. The Hall–Kier alpha value is -5.08. The molecule has 7 aromatic rings. The molecule has 0 spiro atoms. The zero-order valence-electron chi connectivity index (χ0n) is 21.9. The van der Waals surface area contributed by atoms with Crippen molar-refractivity contribution in [2.24, 2.45) is 0 Å². The van der Waals surface area contributed by atoms with Crippen molar-refractivity contribution in [2.75, 3.05) is 0 Å². The molecule has 0 unspecified atom stereocenters. The molecule has 0 radical (unpaired) electrons. The van der Waals surface area contributed by atoms with Crippen molar-refractivity contribution >= 4 is 49.3 Å². The Labute approximate surface area is 228 Å². The van der Waals surface area contributed by atoms with Gasteiger partial charge in [-0.3, -0.25) is 0 Å². The van der Waals surface area contributed by atoms with Gasteiger partial charge in [-0.25, -0.2) is 0 Å². The fourth-order valence-corrected chi connectivity index (χ4v) is 5.89. The Balaban J connectivity index is 1.55. The van der Waals surface area contributed by atoms with Gasteiger partial charge in [0.2, 0.25) is 0 Å². The molecule has 0 N–H and O–H groups in total. The molecule has 0 saturated carbocycles. The predicted molar refractivity (Wildman–Crippen MR) is 169 cm³/mol. The molecule has 2 heterocycles. The van der Waals surface area contributed by atoms with E-state index in [2.05, 4.69) is 144 Å². The molecular formula is C37H28N2. The molecule has 0 amide bonds. The maximum absolute atomic E-state index is 4.13. The monoisotopic (exact) mass is 500 g/mol. The molecule has 186 valence electrons. The zero-order chi connectivity index (χ0) is 26.5. The molecule has 0 aliphatic carbocycles. The number of hydrogen-bond acceptors (Lipinski definition) is 0. The van der Waals surface area contributed by atoms with Crippen LogP contribution in [-0.2, 0) is 0 Å². The zero-order valence-corrected chi connectivity index (χ0v) is 21.9. The highest BCUT2D eigenvalue weighted by atomic mass is 15.0. The second-order valence-electron chi connectivity index (χ2n) is 10.1. The minimum Gasteiger partial charge on any atom is -0.309 e. The van der Waals surface area contributed by atoms with Gasteiger partial charge in [-0.15, -0.1) is 0 Å². The first kappa shape index (κ1) is 23.1. The van der Waals surface area contributed by atoms with Crippen molar-refractivity contribution in [3.8, 4) is 16.8 Å². The van der Waals surface area contributed by atoms with Crippen LogP contribution in [0.15, 0.2) is 146 Å². The molecule has 0 saturated heterocycles. The summed E-state index contributed by atoms with van der Waals surface area (Å²) in [5.41, 5.74) is 10.3. The third-order valence-electron chi connectivity index (χ3n) is 7.56. The number of allylic oxidation sites excluding steroid dienone is 4. The first-order chi connectivity index (χ1) is 19.1. The molecule has 0 aliphatic rings. The van der Waals surface area contributed by atoms with Crippen molar-refractivity contribution in [1.29, 1.82) is 0 Å². The normalized spacial score (nSPS) is 12.1. The molecule has 39 heavy (non-hydrogen) atoms. The fourth-order valence-electron chi connectivity index (χ4n) is 5.89. The quantitative estimate of drug-likeness (QED) is 0.208. The van der Waals surface area contributed by atoms with E-state index in [9.17, 15) is 0 Å². The Morgan fingerprint density at radius 2 is 1.15 bits per heavy atom. The van der Waals surface area contributed by atoms with E-state index in [1.807, 2.05) is 13.0 Å². The summed E-state index contributed by atoms with van der Waals surface area (Å²) in [6.45, 7) is 10.3. The van der Waals surface area contributed by atoms with Crippen LogP contribution in [0.2, 0.25) is 0 Å².